The first-order chi connectivity index (χ1) is 11.2. The normalized spacial score (nSPS) is 33.1. The number of carbonyl (C=O) groups is 2. The third-order valence-electron chi connectivity index (χ3n) is 6.20. The predicted molar refractivity (Wildman–Crippen MR) is 86.5 cm³/mol. The summed E-state index contributed by atoms with van der Waals surface area (Å²) in [5.74, 6) is 1.61. The molecule has 0 aromatic rings. The van der Waals surface area contributed by atoms with E-state index in [1.165, 1.54) is 51.2 Å². The highest BCUT2D eigenvalue weighted by atomic mass is 16.5. The average Bonchev–Trinajstić information content (AvgIpc) is 3.47. The van der Waals surface area contributed by atoms with Crippen molar-refractivity contribution in [2.45, 2.75) is 69.9 Å². The highest BCUT2D eigenvalue weighted by Crippen LogP contribution is 2.49. The molecule has 1 aliphatic heterocycles. The van der Waals surface area contributed by atoms with Gasteiger partial charge < -0.3 is 9.64 Å². The molecule has 1 heterocycles. The fourth-order valence-electron chi connectivity index (χ4n) is 4.74. The summed E-state index contributed by atoms with van der Waals surface area (Å²) in [4.78, 5) is 27.2. The number of likely N-dealkylation sites (tertiary alicyclic amines) is 1. The maximum absolute atomic E-state index is 13.0. The van der Waals surface area contributed by atoms with E-state index in [1.54, 1.807) is 0 Å². The molecule has 1 amide bonds. The van der Waals surface area contributed by atoms with E-state index in [0.717, 1.165) is 19.3 Å². The number of ether oxygens (including phenoxy) is 1. The van der Waals surface area contributed by atoms with Crippen LogP contribution in [0.5, 0.6) is 0 Å². The topological polar surface area (TPSA) is 46.6 Å². The van der Waals surface area contributed by atoms with Crippen LogP contribution in [0.3, 0.4) is 0 Å². The minimum Gasteiger partial charge on any atom is -0.467 e. The summed E-state index contributed by atoms with van der Waals surface area (Å²) in [6.45, 7) is 0. The summed E-state index contributed by atoms with van der Waals surface area (Å²) < 4.78 is 4.99. The second-order valence-electron chi connectivity index (χ2n) is 7.82. The molecule has 0 unspecified atom stereocenters. The number of nitrogens with zero attached hydrogens (tertiary/aromatic N) is 1. The number of hydrogen-bond donors (Lipinski definition) is 0. The molecule has 0 spiro atoms. The first kappa shape index (κ1) is 15.2. The Bertz CT molecular complexity index is 519. The van der Waals surface area contributed by atoms with Gasteiger partial charge in [-0.1, -0.05) is 18.4 Å². The van der Waals surface area contributed by atoms with Gasteiger partial charge >= 0.3 is 5.97 Å². The second kappa shape index (κ2) is 5.95. The summed E-state index contributed by atoms with van der Waals surface area (Å²) in [6, 6.07) is -0.118. The smallest absolute Gasteiger partial charge is 0.328 e. The van der Waals surface area contributed by atoms with Gasteiger partial charge in [-0.05, 0) is 62.7 Å². The number of hydrogen-bond acceptors (Lipinski definition) is 3. The third kappa shape index (κ3) is 2.92. The Morgan fingerprint density at radius 2 is 1.65 bits per heavy atom. The molecule has 0 aromatic carbocycles. The van der Waals surface area contributed by atoms with Crippen molar-refractivity contribution in [1.82, 2.24) is 4.90 Å². The number of carbonyl (C=O) groups excluding carboxylic acids is 2. The first-order valence-electron chi connectivity index (χ1n) is 9.30. The van der Waals surface area contributed by atoms with Crippen LogP contribution in [0.4, 0.5) is 0 Å². The van der Waals surface area contributed by atoms with Gasteiger partial charge in [0, 0.05) is 12.1 Å². The minimum absolute atomic E-state index is 0.0728. The third-order valence-corrected chi connectivity index (χ3v) is 6.20. The van der Waals surface area contributed by atoms with Crippen LogP contribution in [0.1, 0.15) is 57.8 Å². The maximum Gasteiger partial charge on any atom is 0.328 e. The molecule has 126 valence electrons. The van der Waals surface area contributed by atoms with Gasteiger partial charge in [0.2, 0.25) is 5.91 Å². The van der Waals surface area contributed by atoms with Gasteiger partial charge in [0.25, 0.3) is 0 Å². The molecule has 4 aliphatic rings. The number of methoxy groups -OCH3 is 1. The van der Waals surface area contributed by atoms with Gasteiger partial charge in [0.1, 0.15) is 6.04 Å². The number of fused-ring (bicyclic) bond motifs is 1. The van der Waals surface area contributed by atoms with E-state index in [2.05, 4.69) is 0 Å². The molecule has 3 aliphatic carbocycles. The zero-order chi connectivity index (χ0) is 16.0. The molecule has 0 bridgehead atoms. The fourth-order valence-corrected chi connectivity index (χ4v) is 4.74. The van der Waals surface area contributed by atoms with E-state index in [4.69, 9.17) is 4.74 Å². The number of allylic oxidation sites excluding steroid dienone is 1. The lowest BCUT2D eigenvalue weighted by atomic mass is 9.84. The van der Waals surface area contributed by atoms with E-state index in [0.29, 0.717) is 17.8 Å². The van der Waals surface area contributed by atoms with Gasteiger partial charge in [0.05, 0.1) is 7.11 Å². The predicted octanol–water partition coefficient (Wildman–Crippen LogP) is 3.07. The van der Waals surface area contributed by atoms with Crippen LogP contribution in [0.15, 0.2) is 11.6 Å². The SMILES string of the molecule is COC(=O)[C@@H]1C[C@@H]2CCCC[C@H]2N1C(=O)C=C(C1CC1)C1CC1. The van der Waals surface area contributed by atoms with Crippen LogP contribution in [0.25, 0.3) is 0 Å². The van der Waals surface area contributed by atoms with Crippen molar-refractivity contribution in [2.75, 3.05) is 7.11 Å². The van der Waals surface area contributed by atoms with E-state index in [-0.39, 0.29) is 24.0 Å². The standard InChI is InChI=1S/C19H27NO3/c1-23-19(22)17-10-14-4-2-3-5-16(14)20(17)18(21)11-15(12-6-7-12)13-8-9-13/h11-14,16-17H,2-10H2,1H3/t14-,16+,17-/m0/s1. The first-order valence-corrected chi connectivity index (χ1v) is 9.30. The van der Waals surface area contributed by atoms with Gasteiger partial charge in [-0.3, -0.25) is 4.79 Å². The Hall–Kier alpha value is -1.32. The molecule has 4 rings (SSSR count). The molecule has 4 fully saturated rings. The minimum atomic E-state index is -0.364. The van der Waals surface area contributed by atoms with Crippen molar-refractivity contribution in [2.24, 2.45) is 17.8 Å². The zero-order valence-corrected chi connectivity index (χ0v) is 14.0. The Kier molecular flexibility index (Phi) is 3.94. The van der Waals surface area contributed by atoms with Crippen molar-refractivity contribution in [3.63, 3.8) is 0 Å². The summed E-state index contributed by atoms with van der Waals surface area (Å²) >= 11 is 0. The lowest BCUT2D eigenvalue weighted by Gasteiger charge is -2.32. The fraction of sp³-hybridized carbons (Fsp3) is 0.789. The summed E-state index contributed by atoms with van der Waals surface area (Å²) in [5, 5.41) is 0. The van der Waals surface area contributed by atoms with E-state index >= 15 is 0 Å². The maximum atomic E-state index is 13.0. The van der Waals surface area contributed by atoms with Crippen LogP contribution in [0, 0.1) is 17.8 Å². The quantitative estimate of drug-likeness (QED) is 0.591. The molecule has 3 atom stereocenters. The Balaban J connectivity index is 1.58. The lowest BCUT2D eigenvalue weighted by Crippen LogP contribution is -2.46. The molecule has 3 saturated carbocycles. The van der Waals surface area contributed by atoms with Crippen molar-refractivity contribution in [3.8, 4) is 0 Å². The summed E-state index contributed by atoms with van der Waals surface area (Å²) in [5.41, 5.74) is 1.37. The Morgan fingerprint density at radius 1 is 1.00 bits per heavy atom. The highest BCUT2D eigenvalue weighted by Gasteiger charge is 2.48. The van der Waals surface area contributed by atoms with E-state index in [9.17, 15) is 9.59 Å². The van der Waals surface area contributed by atoms with Crippen LogP contribution in [-0.4, -0.2) is 36.0 Å². The van der Waals surface area contributed by atoms with Gasteiger partial charge in [-0.2, -0.15) is 0 Å². The van der Waals surface area contributed by atoms with Crippen molar-refractivity contribution >= 4 is 11.9 Å². The largest absolute Gasteiger partial charge is 0.467 e. The molecule has 0 N–H and O–H groups in total. The summed E-state index contributed by atoms with van der Waals surface area (Å²) in [6.07, 6.45) is 12.2. The van der Waals surface area contributed by atoms with Crippen molar-refractivity contribution < 1.29 is 14.3 Å². The molecule has 0 radical (unpaired) electrons. The van der Waals surface area contributed by atoms with Crippen LogP contribution >= 0.6 is 0 Å². The lowest BCUT2D eigenvalue weighted by molar-refractivity contribution is -0.150. The van der Waals surface area contributed by atoms with Gasteiger partial charge in [-0.15, -0.1) is 0 Å². The average molecular weight is 317 g/mol. The second-order valence-corrected chi connectivity index (χ2v) is 7.82. The van der Waals surface area contributed by atoms with Gasteiger partial charge in [-0.25, -0.2) is 4.79 Å². The zero-order valence-electron chi connectivity index (χ0n) is 14.0. The van der Waals surface area contributed by atoms with E-state index < -0.39 is 0 Å². The highest BCUT2D eigenvalue weighted by molar-refractivity contribution is 5.93. The molecular weight excluding hydrogens is 290 g/mol. The van der Waals surface area contributed by atoms with Crippen LogP contribution in [0.2, 0.25) is 0 Å². The van der Waals surface area contributed by atoms with E-state index in [1.807, 2.05) is 11.0 Å². The summed E-state index contributed by atoms with van der Waals surface area (Å²) in [7, 11) is 1.43. The molecular formula is C19H27NO3. The number of amides is 1. The van der Waals surface area contributed by atoms with Crippen LogP contribution in [-0.2, 0) is 14.3 Å². The molecule has 0 aromatic heterocycles. The van der Waals surface area contributed by atoms with Crippen molar-refractivity contribution in [3.05, 3.63) is 11.6 Å². The molecule has 23 heavy (non-hydrogen) atoms. The number of esters is 1. The Morgan fingerprint density at radius 3 is 2.26 bits per heavy atom. The van der Waals surface area contributed by atoms with Crippen LogP contribution < -0.4 is 0 Å². The molecule has 1 saturated heterocycles. The molecule has 4 nitrogen and oxygen atoms in total. The number of rotatable bonds is 4. The van der Waals surface area contributed by atoms with Gasteiger partial charge in [0.15, 0.2) is 0 Å². The monoisotopic (exact) mass is 317 g/mol. The molecule has 4 heteroatoms. The van der Waals surface area contributed by atoms with Crippen molar-refractivity contribution in [1.29, 1.82) is 0 Å². The Labute approximate surface area is 138 Å².